The Kier molecular flexibility index (Phi) is 42.7. The van der Waals surface area contributed by atoms with Crippen LogP contribution in [0, 0.1) is 5.92 Å². The van der Waals surface area contributed by atoms with Crippen LogP contribution in [0.2, 0.25) is 36.3 Å². The number of unbranched alkanes of at least 4 members (excludes halogenated alkanes) is 21. The standard InChI is InChI=1S/C64H128N2O10Si2/c1-15-18-21-24-27-28-31-36-46-60(70)73-49-41-37-45-57(76-78(13,14)63(7,8)9)54-66(48-39-38-47-65-58(67)51-64(10,72)52-59(68)69)53-56(75-77(11,12)62(4,5)6)44-35-32-40-50-74-61(71)55(42-33-29-25-22-19-16-2)43-34-30-26-23-20-17-3/h55-57,72H,15-54H2,1-14H3,(H,65,67)(H,68,69). The van der Waals surface area contributed by atoms with Crippen LogP contribution >= 0.6 is 0 Å². The number of hydrogen-bond acceptors (Lipinski definition) is 10. The van der Waals surface area contributed by atoms with Gasteiger partial charge in [-0.1, -0.05) is 191 Å². The second-order valence-corrected chi connectivity index (χ2v) is 36.3. The molecule has 0 heterocycles. The smallest absolute Gasteiger partial charge is 0.308 e. The molecule has 78 heavy (non-hydrogen) atoms. The van der Waals surface area contributed by atoms with Crippen LogP contribution in [0.3, 0.4) is 0 Å². The van der Waals surface area contributed by atoms with Gasteiger partial charge in [0.1, 0.15) is 0 Å². The number of nitrogens with zero attached hydrogens (tertiary/aromatic N) is 1. The minimum absolute atomic E-state index is 0.00101. The maximum Gasteiger partial charge on any atom is 0.308 e. The van der Waals surface area contributed by atoms with Crippen molar-refractivity contribution in [3.8, 4) is 0 Å². The Morgan fingerprint density at radius 1 is 0.500 bits per heavy atom. The molecule has 0 aliphatic rings. The van der Waals surface area contributed by atoms with E-state index in [0.717, 1.165) is 110 Å². The predicted octanol–water partition coefficient (Wildman–Crippen LogP) is 17.0. The molecule has 0 aliphatic heterocycles. The van der Waals surface area contributed by atoms with Crippen LogP contribution in [0.1, 0.15) is 288 Å². The number of aliphatic carboxylic acids is 1. The Hall–Kier alpha value is -1.85. The van der Waals surface area contributed by atoms with Crippen molar-refractivity contribution in [2.24, 2.45) is 5.92 Å². The van der Waals surface area contributed by atoms with Gasteiger partial charge in [0.05, 0.1) is 49.8 Å². The number of aliphatic hydroxyl groups is 1. The average Bonchev–Trinajstić information content (AvgIpc) is 3.32. The SMILES string of the molecule is CCCCCCCCCCC(=O)OCCCCC(CN(CCCCNC(=O)CC(C)(O)CC(=O)O)CC(CCCCCOC(=O)C(CCCCCCCC)CCCCCCCC)O[Si](C)(C)C(C)(C)C)O[Si](C)(C)C(C)(C)C. The lowest BCUT2D eigenvalue weighted by Crippen LogP contribution is -2.50. The van der Waals surface area contributed by atoms with Crippen LogP contribution < -0.4 is 5.32 Å². The molecule has 3 unspecified atom stereocenters. The average molecular weight is 1140 g/mol. The molecule has 12 nitrogen and oxygen atoms in total. The maximum atomic E-state index is 13.6. The normalized spacial score (nSPS) is 14.2. The number of ether oxygens (including phenoxy) is 2. The highest BCUT2D eigenvalue weighted by atomic mass is 28.4. The third kappa shape index (κ3) is 40.4. The van der Waals surface area contributed by atoms with Crippen LogP contribution in [0.15, 0.2) is 0 Å². The minimum Gasteiger partial charge on any atom is -0.481 e. The highest BCUT2D eigenvalue weighted by Gasteiger charge is 2.41. The first-order valence-corrected chi connectivity index (χ1v) is 38.1. The Morgan fingerprint density at radius 3 is 1.36 bits per heavy atom. The molecule has 0 saturated heterocycles. The van der Waals surface area contributed by atoms with E-state index < -0.39 is 34.6 Å². The van der Waals surface area contributed by atoms with E-state index in [1.165, 1.54) is 110 Å². The summed E-state index contributed by atoms with van der Waals surface area (Å²) < 4.78 is 26.4. The number of nitrogens with one attached hydrogen (secondary N) is 1. The Balaban J connectivity index is 6.20. The molecule has 3 N–H and O–H groups in total. The van der Waals surface area contributed by atoms with Crippen molar-refractivity contribution in [1.82, 2.24) is 10.2 Å². The van der Waals surface area contributed by atoms with Gasteiger partial charge in [0, 0.05) is 26.1 Å². The summed E-state index contributed by atoms with van der Waals surface area (Å²) >= 11 is 0. The molecule has 0 aromatic heterocycles. The summed E-state index contributed by atoms with van der Waals surface area (Å²) in [6, 6.07) is 0. The molecule has 0 aromatic carbocycles. The Bertz CT molecular complexity index is 1510. The van der Waals surface area contributed by atoms with E-state index in [1.807, 2.05) is 0 Å². The van der Waals surface area contributed by atoms with E-state index in [9.17, 15) is 29.4 Å². The summed E-state index contributed by atoms with van der Waals surface area (Å²) in [6.07, 6.45) is 33.4. The van der Waals surface area contributed by atoms with Gasteiger partial charge in [0.15, 0.2) is 16.6 Å². The number of carboxylic acids is 1. The van der Waals surface area contributed by atoms with E-state index in [2.05, 4.69) is 98.7 Å². The second-order valence-electron chi connectivity index (χ2n) is 26.8. The fourth-order valence-corrected chi connectivity index (χ4v) is 12.4. The van der Waals surface area contributed by atoms with E-state index in [-0.39, 0.29) is 52.5 Å². The lowest BCUT2D eigenvalue weighted by molar-refractivity contribution is -0.149. The predicted molar refractivity (Wildman–Crippen MR) is 331 cm³/mol. The molecule has 0 fully saturated rings. The Morgan fingerprint density at radius 2 is 0.897 bits per heavy atom. The third-order valence-electron chi connectivity index (χ3n) is 16.7. The van der Waals surface area contributed by atoms with Crippen molar-refractivity contribution in [2.75, 3.05) is 39.4 Å². The van der Waals surface area contributed by atoms with Gasteiger partial charge >= 0.3 is 17.9 Å². The lowest BCUT2D eigenvalue weighted by atomic mass is 9.94. The van der Waals surface area contributed by atoms with Gasteiger partial charge in [-0.2, -0.15) is 0 Å². The van der Waals surface area contributed by atoms with Gasteiger partial charge in [0.2, 0.25) is 5.91 Å². The van der Waals surface area contributed by atoms with Crippen LogP contribution in [-0.2, 0) is 37.5 Å². The number of amides is 1. The van der Waals surface area contributed by atoms with Crippen molar-refractivity contribution in [3.05, 3.63) is 0 Å². The first-order valence-electron chi connectivity index (χ1n) is 32.3. The molecule has 0 aromatic rings. The fourth-order valence-electron chi connectivity index (χ4n) is 9.68. The van der Waals surface area contributed by atoms with Gasteiger partial charge < -0.3 is 33.9 Å². The molecule has 3 atom stereocenters. The van der Waals surface area contributed by atoms with E-state index in [0.29, 0.717) is 32.6 Å². The van der Waals surface area contributed by atoms with Crippen LogP contribution in [-0.4, -0.2) is 113 Å². The number of esters is 2. The molecule has 0 bridgehead atoms. The topological polar surface area (TPSA) is 161 Å². The van der Waals surface area contributed by atoms with E-state index in [1.54, 1.807) is 0 Å². The summed E-state index contributed by atoms with van der Waals surface area (Å²) in [6.45, 7) is 34.7. The molecule has 0 saturated carbocycles. The molecule has 462 valence electrons. The van der Waals surface area contributed by atoms with E-state index >= 15 is 0 Å². The first kappa shape index (κ1) is 76.2. The van der Waals surface area contributed by atoms with Crippen molar-refractivity contribution >= 4 is 40.4 Å². The van der Waals surface area contributed by atoms with Gasteiger partial charge in [-0.25, -0.2) is 0 Å². The van der Waals surface area contributed by atoms with Crippen LogP contribution in [0.25, 0.3) is 0 Å². The van der Waals surface area contributed by atoms with Crippen molar-refractivity contribution in [2.45, 2.75) is 342 Å². The largest absolute Gasteiger partial charge is 0.481 e. The molecular weight excluding hydrogens is 1010 g/mol. The monoisotopic (exact) mass is 1140 g/mol. The van der Waals surface area contributed by atoms with Gasteiger partial charge in [-0.05, 0) is 120 Å². The van der Waals surface area contributed by atoms with Crippen molar-refractivity contribution < 1.29 is 47.7 Å². The van der Waals surface area contributed by atoms with Gasteiger partial charge in [-0.3, -0.25) is 24.1 Å². The molecular formula is C64H128N2O10Si2. The van der Waals surface area contributed by atoms with Crippen LogP contribution in [0.4, 0.5) is 0 Å². The van der Waals surface area contributed by atoms with Gasteiger partial charge in [-0.15, -0.1) is 0 Å². The molecule has 0 aliphatic carbocycles. The number of carbonyl (C=O) groups excluding carboxylic acids is 3. The molecule has 14 heteroatoms. The van der Waals surface area contributed by atoms with E-state index in [4.69, 9.17) is 18.3 Å². The molecule has 0 rings (SSSR count). The number of rotatable bonds is 52. The lowest BCUT2D eigenvalue weighted by Gasteiger charge is -2.42. The fraction of sp³-hybridized carbons (Fsp3) is 0.938. The highest BCUT2D eigenvalue weighted by Crippen LogP contribution is 2.39. The quantitative estimate of drug-likeness (QED) is 0.0302. The zero-order valence-electron chi connectivity index (χ0n) is 53.6. The second kappa shape index (κ2) is 43.8. The summed E-state index contributed by atoms with van der Waals surface area (Å²) in [7, 11) is -4.39. The van der Waals surface area contributed by atoms with Crippen molar-refractivity contribution in [3.63, 3.8) is 0 Å². The minimum atomic E-state index is -2.20. The molecule has 0 radical (unpaired) electrons. The maximum absolute atomic E-state index is 13.6. The van der Waals surface area contributed by atoms with Crippen LogP contribution in [0.5, 0.6) is 0 Å². The molecule has 0 spiro atoms. The summed E-state index contributed by atoms with van der Waals surface area (Å²) in [5.74, 6) is -1.60. The van der Waals surface area contributed by atoms with Gasteiger partial charge in [0.25, 0.3) is 0 Å². The number of carboxylic acid groups (broad SMARTS) is 1. The number of hydrogen-bond donors (Lipinski definition) is 3. The summed E-state index contributed by atoms with van der Waals surface area (Å²) in [4.78, 5) is 52.8. The third-order valence-corrected chi connectivity index (χ3v) is 25.8. The highest BCUT2D eigenvalue weighted by molar-refractivity contribution is 6.74. The molecule has 1 amide bonds. The Labute approximate surface area is 483 Å². The zero-order chi connectivity index (χ0) is 58.9. The first-order chi connectivity index (χ1) is 36.7. The summed E-state index contributed by atoms with van der Waals surface area (Å²) in [5.41, 5.74) is -1.62. The van der Waals surface area contributed by atoms with Crippen molar-refractivity contribution in [1.29, 1.82) is 0 Å². The zero-order valence-corrected chi connectivity index (χ0v) is 55.6. The summed E-state index contributed by atoms with van der Waals surface area (Å²) in [5, 5.41) is 22.6. The number of carbonyl (C=O) groups is 4.